The summed E-state index contributed by atoms with van der Waals surface area (Å²) in [7, 11) is 0. The third kappa shape index (κ3) is 5.90. The van der Waals surface area contributed by atoms with Gasteiger partial charge in [-0.2, -0.15) is 9.61 Å². The van der Waals surface area contributed by atoms with Crippen LogP contribution in [0.25, 0.3) is 15.5 Å². The van der Waals surface area contributed by atoms with Crippen molar-refractivity contribution in [2.75, 3.05) is 31.1 Å². The van der Waals surface area contributed by atoms with E-state index in [0.717, 1.165) is 11.1 Å². The van der Waals surface area contributed by atoms with Gasteiger partial charge in [-0.1, -0.05) is 24.3 Å². The molecule has 36 heavy (non-hydrogen) atoms. The monoisotopic (exact) mass is 513 g/mol. The van der Waals surface area contributed by atoms with Crippen LogP contribution < -0.4 is 10.5 Å². The van der Waals surface area contributed by atoms with E-state index in [1.165, 1.54) is 21.9 Å². The first-order valence-corrected chi connectivity index (χ1v) is 12.8. The number of hydrogen-bond acceptors (Lipinski definition) is 9. The Hall–Kier alpha value is -3.31. The Kier molecular flexibility index (Phi) is 7.41. The minimum atomic E-state index is -0.553. The van der Waals surface area contributed by atoms with Crippen LogP contribution in [-0.4, -0.2) is 68.3 Å². The van der Waals surface area contributed by atoms with Crippen LogP contribution in [0, 0.1) is 0 Å². The fourth-order valence-electron chi connectivity index (χ4n) is 3.95. The Balaban J connectivity index is 1.57. The van der Waals surface area contributed by atoms with Gasteiger partial charge in [-0.3, -0.25) is 9.59 Å². The van der Waals surface area contributed by atoms with Gasteiger partial charge in [0.25, 0.3) is 5.56 Å². The zero-order valence-electron chi connectivity index (χ0n) is 21.0. The molecule has 1 aromatic carbocycles. The van der Waals surface area contributed by atoms with Gasteiger partial charge in [-0.15, -0.1) is 0 Å². The molecule has 0 atom stereocenters. The molecule has 192 valence electrons. The normalized spacial score (nSPS) is 14.4. The number of aliphatic hydroxyl groups is 1. The van der Waals surface area contributed by atoms with E-state index >= 15 is 0 Å². The number of fused-ring (bicyclic) bond motifs is 1. The Morgan fingerprint density at radius 2 is 1.78 bits per heavy atom. The van der Waals surface area contributed by atoms with Gasteiger partial charge in [0.2, 0.25) is 4.96 Å². The Morgan fingerprint density at radius 1 is 1.08 bits per heavy atom. The van der Waals surface area contributed by atoms with Gasteiger partial charge in [-0.25, -0.2) is 9.78 Å². The summed E-state index contributed by atoms with van der Waals surface area (Å²) in [5.41, 5.74) is 1.35. The molecule has 0 bridgehead atoms. The minimum absolute atomic E-state index is 0.106. The largest absolute Gasteiger partial charge is 0.444 e. The molecule has 0 spiro atoms. The van der Waals surface area contributed by atoms with Crippen molar-refractivity contribution < 1.29 is 19.4 Å². The van der Waals surface area contributed by atoms with E-state index in [1.54, 1.807) is 11.0 Å². The number of carbonyl (C=O) groups excluding carboxylic acids is 2. The zero-order chi connectivity index (χ0) is 26.0. The zero-order valence-corrected chi connectivity index (χ0v) is 21.8. The number of ketones is 1. The number of hydrogen-bond donors (Lipinski definition) is 1. The molecule has 1 saturated heterocycles. The van der Waals surface area contributed by atoms with Crippen molar-refractivity contribution in [1.82, 2.24) is 19.5 Å². The number of ether oxygens (including phenoxy) is 1. The topological polar surface area (TPSA) is 117 Å². The van der Waals surface area contributed by atoms with Crippen LogP contribution in [0.4, 0.5) is 10.6 Å². The third-order valence-corrected chi connectivity index (χ3v) is 6.72. The highest BCUT2D eigenvalue weighted by Crippen LogP contribution is 2.28. The molecule has 1 aliphatic heterocycles. The molecule has 2 aromatic heterocycles. The van der Waals surface area contributed by atoms with Crippen molar-refractivity contribution in [3.05, 3.63) is 45.7 Å². The molecule has 3 aromatic rings. The molecule has 0 saturated carbocycles. The maximum absolute atomic E-state index is 12.9. The fraction of sp³-hybridized carbons (Fsp3) is 0.480. The number of carbonyl (C=O) groups is 2. The summed E-state index contributed by atoms with van der Waals surface area (Å²) in [6.07, 6.45) is 0.371. The molecule has 11 heteroatoms. The molecule has 1 amide bonds. The molecular formula is C25H31N5O5S. The molecule has 0 unspecified atom stereocenters. The van der Waals surface area contributed by atoms with Crippen molar-refractivity contribution in [3.63, 3.8) is 0 Å². The molecule has 4 rings (SSSR count). The summed E-state index contributed by atoms with van der Waals surface area (Å²) in [6, 6.07) is 6.94. The average Bonchev–Trinajstić information content (AvgIpc) is 3.28. The Labute approximate surface area is 213 Å². The van der Waals surface area contributed by atoms with Gasteiger partial charge in [0.05, 0.1) is 6.61 Å². The number of nitrogens with zero attached hydrogens (tertiary/aromatic N) is 5. The van der Waals surface area contributed by atoms with Gasteiger partial charge >= 0.3 is 6.09 Å². The number of anilines is 1. The first-order chi connectivity index (χ1) is 17.1. The number of benzene rings is 1. The summed E-state index contributed by atoms with van der Waals surface area (Å²) < 4.78 is 6.72. The number of aliphatic hydroxyl groups excluding tert-OH is 1. The third-order valence-electron chi connectivity index (χ3n) is 5.76. The van der Waals surface area contributed by atoms with Crippen molar-refractivity contribution in [2.45, 2.75) is 52.7 Å². The SMILES string of the molecule is CCC(=O)Cc1cc(CO)cc(-c2nn3c(=O)cc(N4CCN(C(=O)OC(C)(C)C)CC4)nc3s2)c1. The number of aromatic nitrogens is 3. The van der Waals surface area contributed by atoms with Crippen LogP contribution in [0.1, 0.15) is 45.2 Å². The van der Waals surface area contributed by atoms with Gasteiger partial charge in [0, 0.05) is 50.7 Å². The van der Waals surface area contributed by atoms with E-state index in [0.29, 0.717) is 53.9 Å². The summed E-state index contributed by atoms with van der Waals surface area (Å²) in [6.45, 7) is 9.16. The van der Waals surface area contributed by atoms with Crippen LogP contribution in [0.15, 0.2) is 29.1 Å². The van der Waals surface area contributed by atoms with E-state index < -0.39 is 5.60 Å². The lowest BCUT2D eigenvalue weighted by molar-refractivity contribution is -0.118. The van der Waals surface area contributed by atoms with Gasteiger partial charge < -0.3 is 19.6 Å². The van der Waals surface area contributed by atoms with Gasteiger partial charge in [0.15, 0.2) is 0 Å². The highest BCUT2D eigenvalue weighted by atomic mass is 32.1. The lowest BCUT2D eigenvalue weighted by Crippen LogP contribution is -2.50. The number of amides is 1. The van der Waals surface area contributed by atoms with E-state index in [4.69, 9.17) is 4.74 Å². The number of Topliss-reactive ketones (excluding diaryl/α,β-unsaturated/α-hetero) is 1. The second-order valence-electron chi connectivity index (χ2n) is 9.77. The van der Waals surface area contributed by atoms with Gasteiger partial charge in [-0.05, 0) is 44.0 Å². The van der Waals surface area contributed by atoms with Crippen molar-refractivity contribution in [2.24, 2.45) is 0 Å². The molecule has 0 radical (unpaired) electrons. The standard InChI is InChI=1S/C25H31N5O5S/c1-5-19(32)13-16-10-17(15-31)12-18(11-16)22-27-30-21(33)14-20(26-23(30)36-22)28-6-8-29(9-7-28)24(34)35-25(2,3)4/h10-12,14,31H,5-9,13,15H2,1-4H3. The van der Waals surface area contributed by atoms with Crippen LogP contribution in [0.2, 0.25) is 0 Å². The Bertz CT molecular complexity index is 1330. The molecule has 1 N–H and O–H groups in total. The number of piperazine rings is 1. The summed E-state index contributed by atoms with van der Waals surface area (Å²) >= 11 is 1.27. The summed E-state index contributed by atoms with van der Waals surface area (Å²) in [5.74, 6) is 0.645. The molecule has 1 fully saturated rings. The lowest BCUT2D eigenvalue weighted by atomic mass is 10.0. The molecule has 10 nitrogen and oxygen atoms in total. The maximum atomic E-state index is 12.9. The fourth-order valence-corrected chi connectivity index (χ4v) is 4.84. The highest BCUT2D eigenvalue weighted by Gasteiger charge is 2.27. The van der Waals surface area contributed by atoms with Crippen LogP contribution >= 0.6 is 11.3 Å². The Morgan fingerprint density at radius 3 is 2.42 bits per heavy atom. The molecule has 0 aliphatic carbocycles. The smallest absolute Gasteiger partial charge is 0.410 e. The summed E-state index contributed by atoms with van der Waals surface area (Å²) in [5, 5.41) is 14.7. The van der Waals surface area contributed by atoms with E-state index in [1.807, 2.05) is 44.7 Å². The lowest BCUT2D eigenvalue weighted by Gasteiger charge is -2.36. The predicted molar refractivity (Wildman–Crippen MR) is 138 cm³/mol. The quantitative estimate of drug-likeness (QED) is 0.535. The van der Waals surface area contributed by atoms with Gasteiger partial charge in [0.1, 0.15) is 22.2 Å². The van der Waals surface area contributed by atoms with E-state index in [9.17, 15) is 19.5 Å². The highest BCUT2D eigenvalue weighted by molar-refractivity contribution is 7.19. The molecule has 3 heterocycles. The van der Waals surface area contributed by atoms with E-state index in [2.05, 4.69) is 10.1 Å². The maximum Gasteiger partial charge on any atom is 0.410 e. The predicted octanol–water partition coefficient (Wildman–Crippen LogP) is 2.89. The first kappa shape index (κ1) is 25.8. The van der Waals surface area contributed by atoms with Crippen LogP contribution in [0.3, 0.4) is 0 Å². The molecular weight excluding hydrogens is 482 g/mol. The van der Waals surface area contributed by atoms with Crippen molar-refractivity contribution >= 4 is 34.0 Å². The van der Waals surface area contributed by atoms with Crippen molar-refractivity contribution in [1.29, 1.82) is 0 Å². The average molecular weight is 514 g/mol. The molecule has 1 aliphatic rings. The first-order valence-electron chi connectivity index (χ1n) is 12.0. The minimum Gasteiger partial charge on any atom is -0.444 e. The van der Waals surface area contributed by atoms with Crippen LogP contribution in [0.5, 0.6) is 0 Å². The van der Waals surface area contributed by atoms with Crippen LogP contribution in [-0.2, 0) is 22.6 Å². The number of rotatable bonds is 6. The van der Waals surface area contributed by atoms with Crippen molar-refractivity contribution in [3.8, 4) is 10.6 Å². The second-order valence-corrected chi connectivity index (χ2v) is 10.7. The summed E-state index contributed by atoms with van der Waals surface area (Å²) in [4.78, 5) is 45.9. The van der Waals surface area contributed by atoms with E-state index in [-0.39, 0.29) is 30.5 Å². The second kappa shape index (κ2) is 10.4.